The molecule has 40 heavy (non-hydrogen) atoms. The van der Waals surface area contributed by atoms with Crippen LogP contribution in [-0.4, -0.2) is 89.0 Å². The molecule has 2 aromatic rings. The maximum Gasteiger partial charge on any atom is 0.343 e. The Hall–Kier alpha value is -5.14. The largest absolute Gasteiger partial charge is 0.489 e. The molecule has 1 heterocycles. The van der Waals surface area contributed by atoms with Crippen LogP contribution in [-0.2, 0) is 20.8 Å². The van der Waals surface area contributed by atoms with Gasteiger partial charge in [0, 0.05) is 14.1 Å². The van der Waals surface area contributed by atoms with E-state index in [2.05, 4.69) is 4.99 Å². The number of hydrogen-bond acceptors (Lipinski definition) is 8. The fraction of sp³-hybridized carbons (Fsp3) is 0.308. The molecule has 212 valence electrons. The molecule has 0 saturated heterocycles. The Labute approximate surface area is 228 Å². The van der Waals surface area contributed by atoms with Crippen LogP contribution in [0.15, 0.2) is 41.4 Å². The molecule has 14 heteroatoms. The Bertz CT molecular complexity index is 1370. The first-order valence-corrected chi connectivity index (χ1v) is 12.0. The van der Waals surface area contributed by atoms with Crippen LogP contribution in [0.2, 0.25) is 0 Å². The summed E-state index contributed by atoms with van der Waals surface area (Å²) in [5, 5.41) is 18.3. The number of amides is 2. The molecule has 0 fully saturated rings. The van der Waals surface area contributed by atoms with Gasteiger partial charge >= 0.3 is 17.9 Å². The lowest BCUT2D eigenvalue weighted by molar-refractivity contribution is -0.153. The maximum atomic E-state index is 13.3. The number of esters is 1. The van der Waals surface area contributed by atoms with E-state index in [1.165, 1.54) is 25.2 Å². The van der Waals surface area contributed by atoms with Crippen molar-refractivity contribution in [3.8, 4) is 11.5 Å². The first kappa shape index (κ1) is 29.4. The van der Waals surface area contributed by atoms with E-state index in [0.717, 1.165) is 16.8 Å². The predicted molar refractivity (Wildman–Crippen MR) is 141 cm³/mol. The SMILES string of the molecule is CN(CC(=O)N(C)[C@@H](CC(=O)O)C(=O)O)C(=O)c1cccc2c1OCCCc1cc(N=C(N)N)ccc1C(=O)O2. The topological polar surface area (TPSA) is 215 Å². The van der Waals surface area contributed by atoms with Gasteiger partial charge in [-0.25, -0.2) is 14.6 Å². The normalized spacial score (nSPS) is 13.3. The third kappa shape index (κ3) is 7.03. The number of aryl methyl sites for hydroxylation is 1. The Kier molecular flexibility index (Phi) is 9.27. The van der Waals surface area contributed by atoms with Gasteiger partial charge in [0.1, 0.15) is 6.04 Å². The summed E-state index contributed by atoms with van der Waals surface area (Å²) >= 11 is 0. The highest BCUT2D eigenvalue weighted by Crippen LogP contribution is 2.34. The van der Waals surface area contributed by atoms with Gasteiger partial charge in [-0.15, -0.1) is 0 Å². The number of hydrogen-bond donors (Lipinski definition) is 4. The van der Waals surface area contributed by atoms with Crippen LogP contribution >= 0.6 is 0 Å². The van der Waals surface area contributed by atoms with E-state index in [1.54, 1.807) is 18.2 Å². The minimum absolute atomic E-state index is 0.00312. The monoisotopic (exact) mass is 555 g/mol. The summed E-state index contributed by atoms with van der Waals surface area (Å²) < 4.78 is 11.4. The molecule has 0 radical (unpaired) electrons. The van der Waals surface area contributed by atoms with Crippen LogP contribution in [0, 0.1) is 0 Å². The number of fused-ring (bicyclic) bond motifs is 2. The molecule has 14 nitrogen and oxygen atoms in total. The minimum atomic E-state index is -1.61. The smallest absolute Gasteiger partial charge is 0.343 e. The van der Waals surface area contributed by atoms with Crippen molar-refractivity contribution >= 4 is 41.4 Å². The van der Waals surface area contributed by atoms with Crippen molar-refractivity contribution in [2.24, 2.45) is 16.5 Å². The third-order valence-electron chi connectivity index (χ3n) is 6.05. The number of ether oxygens (including phenoxy) is 2. The molecule has 2 amide bonds. The van der Waals surface area contributed by atoms with Crippen molar-refractivity contribution in [3.05, 3.63) is 53.1 Å². The van der Waals surface area contributed by atoms with E-state index in [0.29, 0.717) is 29.7 Å². The molecule has 1 aliphatic heterocycles. The van der Waals surface area contributed by atoms with Crippen molar-refractivity contribution in [1.82, 2.24) is 9.80 Å². The molecule has 0 aromatic heterocycles. The van der Waals surface area contributed by atoms with Gasteiger partial charge in [0.05, 0.1) is 36.4 Å². The quantitative estimate of drug-likeness (QED) is 0.153. The average Bonchev–Trinajstić information content (AvgIpc) is 2.88. The summed E-state index contributed by atoms with van der Waals surface area (Å²) in [5.41, 5.74) is 12.3. The number of para-hydroxylation sites is 1. The number of nitrogens with two attached hydrogens (primary N) is 2. The van der Waals surface area contributed by atoms with Crippen LogP contribution in [0.5, 0.6) is 11.5 Å². The number of likely N-dealkylation sites (N-methyl/N-ethyl adjacent to an activating group) is 2. The van der Waals surface area contributed by atoms with Gasteiger partial charge in [0.25, 0.3) is 5.91 Å². The average molecular weight is 556 g/mol. The Morgan fingerprint density at radius 3 is 2.48 bits per heavy atom. The second-order valence-electron chi connectivity index (χ2n) is 8.97. The molecule has 0 bridgehead atoms. The Morgan fingerprint density at radius 1 is 1.10 bits per heavy atom. The van der Waals surface area contributed by atoms with Crippen molar-refractivity contribution in [2.45, 2.75) is 25.3 Å². The molecule has 0 aliphatic carbocycles. The molecule has 1 aliphatic rings. The van der Waals surface area contributed by atoms with Gasteiger partial charge in [-0.2, -0.15) is 0 Å². The second-order valence-corrected chi connectivity index (χ2v) is 8.97. The number of rotatable bonds is 8. The number of aliphatic carboxylic acids is 2. The summed E-state index contributed by atoms with van der Waals surface area (Å²) in [7, 11) is 2.46. The molecule has 0 unspecified atom stereocenters. The van der Waals surface area contributed by atoms with E-state index in [-0.39, 0.29) is 29.6 Å². The van der Waals surface area contributed by atoms with Crippen LogP contribution in [0.3, 0.4) is 0 Å². The number of nitrogens with zero attached hydrogens (tertiary/aromatic N) is 3. The van der Waals surface area contributed by atoms with Crippen molar-refractivity contribution in [3.63, 3.8) is 0 Å². The van der Waals surface area contributed by atoms with E-state index >= 15 is 0 Å². The summed E-state index contributed by atoms with van der Waals surface area (Å²) in [6.45, 7) is -0.393. The molecule has 1 atom stereocenters. The molecule has 3 rings (SSSR count). The number of aliphatic imine (C=N–C) groups is 1. The number of benzene rings is 2. The fourth-order valence-corrected chi connectivity index (χ4v) is 4.03. The minimum Gasteiger partial charge on any atom is -0.489 e. The zero-order valence-corrected chi connectivity index (χ0v) is 21.8. The van der Waals surface area contributed by atoms with Crippen LogP contribution in [0.1, 0.15) is 39.1 Å². The van der Waals surface area contributed by atoms with Gasteiger partial charge in [0.2, 0.25) is 5.91 Å². The third-order valence-corrected chi connectivity index (χ3v) is 6.05. The Morgan fingerprint density at radius 2 is 1.82 bits per heavy atom. The Balaban J connectivity index is 1.84. The van der Waals surface area contributed by atoms with E-state index < -0.39 is 48.7 Å². The molecular formula is C26H29N5O9. The summed E-state index contributed by atoms with van der Waals surface area (Å²) in [5.74, 6) is -5.17. The number of carboxylic acid groups (broad SMARTS) is 2. The summed E-state index contributed by atoms with van der Waals surface area (Å²) in [4.78, 5) is 67.3. The van der Waals surface area contributed by atoms with Crippen LogP contribution in [0.25, 0.3) is 0 Å². The zero-order valence-electron chi connectivity index (χ0n) is 21.8. The lowest BCUT2D eigenvalue weighted by atomic mass is 10.0. The number of carbonyl (C=O) groups excluding carboxylic acids is 3. The predicted octanol–water partition coefficient (Wildman–Crippen LogP) is 0.594. The van der Waals surface area contributed by atoms with Gasteiger partial charge in [-0.3, -0.25) is 14.4 Å². The molecule has 0 saturated carbocycles. The standard InChI is InChI=1S/C26H29N5O9/c1-30(13-20(32)31(2)18(24(36)37)12-21(33)34)23(35)17-6-3-7-19-22(17)39-10-4-5-14-11-15(29-26(27)28)8-9-16(14)25(38)40-19/h3,6-9,11,18H,4-5,10,12-13H2,1-2H3,(H,33,34)(H,36,37)(H4,27,28,29)/t18-/m0/s1. The van der Waals surface area contributed by atoms with E-state index in [4.69, 9.17) is 26.0 Å². The number of guanidine groups is 1. The van der Waals surface area contributed by atoms with Gasteiger partial charge in [-0.05, 0) is 48.7 Å². The fourth-order valence-electron chi connectivity index (χ4n) is 4.03. The highest BCUT2D eigenvalue weighted by Gasteiger charge is 2.31. The summed E-state index contributed by atoms with van der Waals surface area (Å²) in [6, 6.07) is 7.55. The lowest BCUT2D eigenvalue weighted by Gasteiger charge is -2.26. The lowest BCUT2D eigenvalue weighted by Crippen LogP contribution is -2.48. The van der Waals surface area contributed by atoms with Crippen LogP contribution in [0.4, 0.5) is 5.69 Å². The molecule has 6 N–H and O–H groups in total. The van der Waals surface area contributed by atoms with Gasteiger partial charge < -0.3 is 41.0 Å². The molecule has 2 aromatic carbocycles. The summed E-state index contributed by atoms with van der Waals surface area (Å²) in [6.07, 6.45) is 0.0811. The van der Waals surface area contributed by atoms with Crippen LogP contribution < -0.4 is 20.9 Å². The second kappa shape index (κ2) is 12.6. The first-order valence-electron chi connectivity index (χ1n) is 12.0. The highest BCUT2D eigenvalue weighted by molar-refractivity contribution is 6.00. The first-order chi connectivity index (χ1) is 18.9. The van der Waals surface area contributed by atoms with Crippen molar-refractivity contribution < 1.29 is 43.7 Å². The molecule has 0 spiro atoms. The van der Waals surface area contributed by atoms with Crippen molar-refractivity contribution in [2.75, 3.05) is 27.2 Å². The van der Waals surface area contributed by atoms with Gasteiger partial charge in [0.15, 0.2) is 17.5 Å². The number of carbonyl (C=O) groups is 5. The molecular weight excluding hydrogens is 526 g/mol. The maximum absolute atomic E-state index is 13.3. The number of carboxylic acids is 2. The van der Waals surface area contributed by atoms with Crippen molar-refractivity contribution in [1.29, 1.82) is 0 Å². The van der Waals surface area contributed by atoms with E-state index in [9.17, 15) is 29.1 Å². The van der Waals surface area contributed by atoms with Gasteiger partial charge in [-0.1, -0.05) is 6.07 Å². The van der Waals surface area contributed by atoms with E-state index in [1.807, 2.05) is 0 Å². The zero-order chi connectivity index (χ0) is 29.6. The highest BCUT2D eigenvalue weighted by atomic mass is 16.6.